The SMILES string of the molecule is CC1CCCN(Cc2cc(Cl)cc3c2OCC3)C1C(=O)O. The van der Waals surface area contributed by atoms with E-state index < -0.39 is 12.0 Å². The molecule has 2 aliphatic rings. The van der Waals surface area contributed by atoms with Gasteiger partial charge in [-0.2, -0.15) is 0 Å². The van der Waals surface area contributed by atoms with Crippen LogP contribution in [0.5, 0.6) is 5.75 Å². The maximum atomic E-state index is 11.6. The van der Waals surface area contributed by atoms with Crippen LogP contribution in [0.25, 0.3) is 0 Å². The number of piperidine rings is 1. The first-order chi connectivity index (χ1) is 10.1. The minimum Gasteiger partial charge on any atom is -0.493 e. The number of halogens is 1. The summed E-state index contributed by atoms with van der Waals surface area (Å²) in [7, 11) is 0. The fraction of sp³-hybridized carbons (Fsp3) is 0.562. The molecule has 0 aromatic heterocycles. The number of fused-ring (bicyclic) bond motifs is 1. The zero-order valence-electron chi connectivity index (χ0n) is 12.1. The molecule has 0 amide bonds. The number of nitrogens with zero attached hydrogens (tertiary/aromatic N) is 1. The third-order valence-corrected chi connectivity index (χ3v) is 4.71. The third kappa shape index (κ3) is 2.87. The van der Waals surface area contributed by atoms with Crippen molar-refractivity contribution in [1.82, 2.24) is 4.90 Å². The maximum Gasteiger partial charge on any atom is 0.321 e. The molecule has 1 saturated heterocycles. The molecule has 0 radical (unpaired) electrons. The Kier molecular flexibility index (Phi) is 4.09. The van der Waals surface area contributed by atoms with Gasteiger partial charge in [-0.25, -0.2) is 0 Å². The average Bonchev–Trinajstić information content (AvgIpc) is 2.86. The highest BCUT2D eigenvalue weighted by Gasteiger charge is 2.34. The van der Waals surface area contributed by atoms with Crippen molar-refractivity contribution in [2.24, 2.45) is 5.92 Å². The number of benzene rings is 1. The van der Waals surface area contributed by atoms with Crippen LogP contribution in [0.4, 0.5) is 0 Å². The van der Waals surface area contributed by atoms with Crippen molar-refractivity contribution >= 4 is 17.6 Å². The fourth-order valence-electron chi connectivity index (χ4n) is 3.53. The van der Waals surface area contributed by atoms with E-state index in [1.54, 1.807) is 0 Å². The van der Waals surface area contributed by atoms with Gasteiger partial charge in [-0.3, -0.25) is 9.69 Å². The number of hydrogen-bond acceptors (Lipinski definition) is 3. The van der Waals surface area contributed by atoms with Crippen LogP contribution in [-0.2, 0) is 17.8 Å². The molecule has 0 bridgehead atoms. The molecule has 4 nitrogen and oxygen atoms in total. The minimum absolute atomic E-state index is 0.171. The second kappa shape index (κ2) is 5.85. The van der Waals surface area contributed by atoms with E-state index in [1.165, 1.54) is 0 Å². The highest BCUT2D eigenvalue weighted by molar-refractivity contribution is 6.30. The molecule has 2 heterocycles. The van der Waals surface area contributed by atoms with Crippen molar-refractivity contribution in [3.05, 3.63) is 28.3 Å². The molecule has 1 fully saturated rings. The molecule has 0 aliphatic carbocycles. The van der Waals surface area contributed by atoms with Gasteiger partial charge in [0.15, 0.2) is 0 Å². The molecule has 0 saturated carbocycles. The lowest BCUT2D eigenvalue weighted by atomic mass is 9.90. The first-order valence-corrected chi connectivity index (χ1v) is 7.85. The van der Waals surface area contributed by atoms with Gasteiger partial charge in [0.1, 0.15) is 11.8 Å². The van der Waals surface area contributed by atoms with Gasteiger partial charge in [-0.15, -0.1) is 0 Å². The van der Waals surface area contributed by atoms with E-state index in [4.69, 9.17) is 16.3 Å². The molecule has 1 aromatic carbocycles. The van der Waals surface area contributed by atoms with Gasteiger partial charge in [0.05, 0.1) is 6.61 Å². The van der Waals surface area contributed by atoms with E-state index in [1.807, 2.05) is 24.0 Å². The molecular formula is C16H20ClNO3. The van der Waals surface area contributed by atoms with Gasteiger partial charge >= 0.3 is 5.97 Å². The molecule has 2 unspecified atom stereocenters. The van der Waals surface area contributed by atoms with E-state index >= 15 is 0 Å². The van der Waals surface area contributed by atoms with Crippen molar-refractivity contribution in [3.63, 3.8) is 0 Å². The van der Waals surface area contributed by atoms with Crippen LogP contribution < -0.4 is 4.74 Å². The van der Waals surface area contributed by atoms with Crippen LogP contribution in [0.2, 0.25) is 5.02 Å². The van der Waals surface area contributed by atoms with Crippen LogP contribution >= 0.6 is 11.6 Å². The Morgan fingerprint density at radius 3 is 3.10 bits per heavy atom. The highest BCUT2D eigenvalue weighted by Crippen LogP contribution is 2.35. The van der Waals surface area contributed by atoms with Crippen molar-refractivity contribution in [1.29, 1.82) is 0 Å². The first kappa shape index (κ1) is 14.7. The zero-order chi connectivity index (χ0) is 15.0. The summed E-state index contributed by atoms with van der Waals surface area (Å²) in [5.74, 6) is 0.341. The lowest BCUT2D eigenvalue weighted by Crippen LogP contribution is -2.48. The van der Waals surface area contributed by atoms with Crippen LogP contribution in [0.1, 0.15) is 30.9 Å². The number of carboxylic acids is 1. The summed E-state index contributed by atoms with van der Waals surface area (Å²) in [5.41, 5.74) is 2.14. The van der Waals surface area contributed by atoms with Crippen LogP contribution in [-0.4, -0.2) is 35.2 Å². The molecule has 0 spiro atoms. The quantitative estimate of drug-likeness (QED) is 0.932. The number of ether oxygens (including phenoxy) is 1. The Hall–Kier alpha value is -1.26. The normalized spacial score (nSPS) is 25.4. The minimum atomic E-state index is -0.734. The van der Waals surface area contributed by atoms with Gasteiger partial charge in [-0.1, -0.05) is 18.5 Å². The van der Waals surface area contributed by atoms with Crippen LogP contribution in [0, 0.1) is 5.92 Å². The van der Waals surface area contributed by atoms with E-state index in [0.29, 0.717) is 18.2 Å². The van der Waals surface area contributed by atoms with Crippen molar-refractivity contribution in [2.75, 3.05) is 13.2 Å². The Labute approximate surface area is 129 Å². The lowest BCUT2D eigenvalue weighted by molar-refractivity contribution is -0.147. The molecular weight excluding hydrogens is 290 g/mol. The second-order valence-electron chi connectivity index (χ2n) is 6.02. The predicted molar refractivity (Wildman–Crippen MR) is 80.9 cm³/mol. The number of hydrogen-bond donors (Lipinski definition) is 1. The smallest absolute Gasteiger partial charge is 0.321 e. The molecule has 3 rings (SSSR count). The Balaban J connectivity index is 1.87. The summed E-state index contributed by atoms with van der Waals surface area (Å²) < 4.78 is 5.72. The molecule has 2 atom stereocenters. The monoisotopic (exact) mass is 309 g/mol. The van der Waals surface area contributed by atoms with Gasteiger partial charge in [0, 0.05) is 23.6 Å². The third-order valence-electron chi connectivity index (χ3n) is 4.49. The molecule has 1 N–H and O–H groups in total. The van der Waals surface area contributed by atoms with Crippen LogP contribution in [0.3, 0.4) is 0 Å². The predicted octanol–water partition coefficient (Wildman–Crippen LogP) is 2.96. The molecule has 1 aromatic rings. The standard InChI is InChI=1S/C16H20ClNO3/c1-10-3-2-5-18(14(10)16(19)20)9-12-8-13(17)7-11-4-6-21-15(11)12/h7-8,10,14H,2-6,9H2,1H3,(H,19,20). The van der Waals surface area contributed by atoms with Gasteiger partial charge in [0.2, 0.25) is 0 Å². The topological polar surface area (TPSA) is 49.8 Å². The fourth-order valence-corrected chi connectivity index (χ4v) is 3.80. The number of rotatable bonds is 3. The number of aliphatic carboxylic acids is 1. The number of carboxylic acid groups (broad SMARTS) is 1. The number of carbonyl (C=O) groups is 1. The summed E-state index contributed by atoms with van der Waals surface area (Å²) in [4.78, 5) is 13.6. The molecule has 114 valence electrons. The molecule has 2 aliphatic heterocycles. The van der Waals surface area contributed by atoms with Gasteiger partial charge < -0.3 is 9.84 Å². The number of likely N-dealkylation sites (tertiary alicyclic amines) is 1. The van der Waals surface area contributed by atoms with Gasteiger partial charge in [-0.05, 0) is 43.0 Å². The summed E-state index contributed by atoms with van der Waals surface area (Å²) >= 11 is 6.18. The van der Waals surface area contributed by atoms with Crippen molar-refractivity contribution in [3.8, 4) is 5.75 Å². The van der Waals surface area contributed by atoms with E-state index in [2.05, 4.69) is 0 Å². The Bertz CT molecular complexity index is 561. The van der Waals surface area contributed by atoms with E-state index in [-0.39, 0.29) is 5.92 Å². The first-order valence-electron chi connectivity index (χ1n) is 7.47. The van der Waals surface area contributed by atoms with E-state index in [0.717, 1.165) is 42.7 Å². The molecule has 21 heavy (non-hydrogen) atoms. The maximum absolute atomic E-state index is 11.6. The summed E-state index contributed by atoms with van der Waals surface area (Å²) in [5, 5.41) is 10.2. The largest absolute Gasteiger partial charge is 0.493 e. The van der Waals surface area contributed by atoms with E-state index in [9.17, 15) is 9.90 Å². The lowest BCUT2D eigenvalue weighted by Gasteiger charge is -2.37. The Morgan fingerprint density at radius 1 is 1.52 bits per heavy atom. The van der Waals surface area contributed by atoms with Gasteiger partial charge in [0.25, 0.3) is 0 Å². The van der Waals surface area contributed by atoms with Crippen molar-refractivity contribution in [2.45, 2.75) is 38.8 Å². The average molecular weight is 310 g/mol. The summed E-state index contributed by atoms with van der Waals surface area (Å²) in [6, 6.07) is 3.43. The van der Waals surface area contributed by atoms with Crippen molar-refractivity contribution < 1.29 is 14.6 Å². The summed E-state index contributed by atoms with van der Waals surface area (Å²) in [6.07, 6.45) is 2.88. The van der Waals surface area contributed by atoms with Crippen LogP contribution in [0.15, 0.2) is 12.1 Å². The second-order valence-corrected chi connectivity index (χ2v) is 6.46. The Morgan fingerprint density at radius 2 is 2.33 bits per heavy atom. The summed E-state index contributed by atoms with van der Waals surface area (Å²) in [6.45, 7) is 4.10. The molecule has 5 heteroatoms. The zero-order valence-corrected chi connectivity index (χ0v) is 12.9. The highest BCUT2D eigenvalue weighted by atomic mass is 35.5.